The molecule has 2 nitrogen and oxygen atoms in total. The molecule has 0 unspecified atom stereocenters. The molecule has 2 N–H and O–H groups in total. The molecule has 0 aromatic heterocycles. The molecule has 0 aromatic rings. The Balaban J connectivity index is 3.55. The Labute approximate surface area is 56.5 Å². The monoisotopic (exact) mass is 126 g/mol. The lowest BCUT2D eigenvalue weighted by atomic mass is 10.3. The molecule has 0 rings (SSSR count). The van der Waals surface area contributed by atoms with Crippen LogP contribution in [0.5, 0.6) is 0 Å². The summed E-state index contributed by atoms with van der Waals surface area (Å²) in [5.74, 6) is 0. The lowest BCUT2D eigenvalue weighted by molar-refractivity contribution is 1.09. The SMILES string of the molecule is CC/C(C)=C\N=CCN. The van der Waals surface area contributed by atoms with E-state index in [1.807, 2.05) is 13.1 Å². The predicted molar refractivity (Wildman–Crippen MR) is 41.6 cm³/mol. The summed E-state index contributed by atoms with van der Waals surface area (Å²) in [5.41, 5.74) is 6.46. The molecule has 0 bridgehead atoms. The van der Waals surface area contributed by atoms with Gasteiger partial charge in [-0.25, -0.2) is 0 Å². The minimum Gasteiger partial charge on any atom is -0.326 e. The first-order valence-electron chi connectivity index (χ1n) is 3.18. The number of hydrogen-bond acceptors (Lipinski definition) is 2. The van der Waals surface area contributed by atoms with E-state index < -0.39 is 0 Å². The van der Waals surface area contributed by atoms with Crippen molar-refractivity contribution < 1.29 is 0 Å². The summed E-state index contributed by atoms with van der Waals surface area (Å²) >= 11 is 0. The van der Waals surface area contributed by atoms with E-state index in [1.165, 1.54) is 5.57 Å². The second kappa shape index (κ2) is 5.51. The summed E-state index contributed by atoms with van der Waals surface area (Å²) in [4.78, 5) is 3.95. The van der Waals surface area contributed by atoms with Crippen LogP contribution in [0.25, 0.3) is 0 Å². The molecule has 0 spiro atoms. The third-order valence-corrected chi connectivity index (χ3v) is 1.06. The first-order valence-corrected chi connectivity index (χ1v) is 3.18. The fourth-order valence-electron chi connectivity index (χ4n) is 0.332. The van der Waals surface area contributed by atoms with Gasteiger partial charge in [0.1, 0.15) is 0 Å². The van der Waals surface area contributed by atoms with Crippen LogP contribution < -0.4 is 5.73 Å². The molecule has 0 heterocycles. The van der Waals surface area contributed by atoms with Gasteiger partial charge in [0.2, 0.25) is 0 Å². The van der Waals surface area contributed by atoms with E-state index >= 15 is 0 Å². The summed E-state index contributed by atoms with van der Waals surface area (Å²) in [7, 11) is 0. The standard InChI is InChI=1S/C7H14N2/c1-3-7(2)6-9-5-4-8/h5-6H,3-4,8H2,1-2H3/b7-6-,9-5?. The second-order valence-corrected chi connectivity index (χ2v) is 1.90. The Morgan fingerprint density at radius 2 is 2.33 bits per heavy atom. The van der Waals surface area contributed by atoms with Gasteiger partial charge in [0.25, 0.3) is 0 Å². The van der Waals surface area contributed by atoms with Gasteiger partial charge in [0, 0.05) is 19.0 Å². The molecular formula is C7H14N2. The number of aliphatic imine (C=N–C) groups is 1. The van der Waals surface area contributed by atoms with Crippen LogP contribution in [-0.4, -0.2) is 12.8 Å². The van der Waals surface area contributed by atoms with Crippen molar-refractivity contribution in [1.29, 1.82) is 0 Å². The van der Waals surface area contributed by atoms with Crippen LogP contribution >= 0.6 is 0 Å². The summed E-state index contributed by atoms with van der Waals surface area (Å²) in [6, 6.07) is 0. The fourth-order valence-corrected chi connectivity index (χ4v) is 0.332. The van der Waals surface area contributed by atoms with Crippen molar-refractivity contribution in [2.24, 2.45) is 10.7 Å². The molecular weight excluding hydrogens is 112 g/mol. The van der Waals surface area contributed by atoms with Crippen LogP contribution in [0.1, 0.15) is 20.3 Å². The number of hydrogen-bond donors (Lipinski definition) is 1. The van der Waals surface area contributed by atoms with Gasteiger partial charge in [-0.05, 0) is 13.3 Å². The normalized spacial score (nSPS) is 13.0. The highest BCUT2D eigenvalue weighted by molar-refractivity contribution is 5.60. The molecule has 52 valence electrons. The average molecular weight is 126 g/mol. The minimum atomic E-state index is 0.521. The maximum absolute atomic E-state index is 5.18. The van der Waals surface area contributed by atoms with Crippen molar-refractivity contribution in [3.05, 3.63) is 11.8 Å². The Kier molecular flexibility index (Phi) is 5.12. The first-order chi connectivity index (χ1) is 4.31. The van der Waals surface area contributed by atoms with Crippen molar-refractivity contribution in [3.8, 4) is 0 Å². The first kappa shape index (κ1) is 8.37. The van der Waals surface area contributed by atoms with Gasteiger partial charge in [-0.15, -0.1) is 0 Å². The van der Waals surface area contributed by atoms with Gasteiger partial charge >= 0.3 is 0 Å². The topological polar surface area (TPSA) is 38.4 Å². The molecule has 0 radical (unpaired) electrons. The molecule has 0 aliphatic heterocycles. The molecule has 0 atom stereocenters. The zero-order chi connectivity index (χ0) is 7.11. The lowest BCUT2D eigenvalue weighted by Gasteiger charge is -1.87. The number of nitrogens with zero attached hydrogens (tertiary/aromatic N) is 1. The van der Waals surface area contributed by atoms with Gasteiger partial charge < -0.3 is 5.73 Å². The Bertz CT molecular complexity index is 114. The van der Waals surface area contributed by atoms with Gasteiger partial charge in [-0.2, -0.15) is 0 Å². The smallest absolute Gasteiger partial charge is 0.0283 e. The molecule has 0 fully saturated rings. The third kappa shape index (κ3) is 5.24. The molecule has 9 heavy (non-hydrogen) atoms. The molecule has 0 saturated heterocycles. The van der Waals surface area contributed by atoms with E-state index in [9.17, 15) is 0 Å². The molecule has 0 aliphatic carbocycles. The van der Waals surface area contributed by atoms with Gasteiger partial charge in [0.05, 0.1) is 0 Å². The van der Waals surface area contributed by atoms with E-state index in [-0.39, 0.29) is 0 Å². The van der Waals surface area contributed by atoms with E-state index in [0.717, 1.165) is 6.42 Å². The van der Waals surface area contributed by atoms with Crippen molar-refractivity contribution in [2.75, 3.05) is 6.54 Å². The van der Waals surface area contributed by atoms with Gasteiger partial charge in [-0.1, -0.05) is 12.5 Å². The fraction of sp³-hybridized carbons (Fsp3) is 0.571. The number of allylic oxidation sites excluding steroid dienone is 1. The maximum atomic E-state index is 5.18. The zero-order valence-electron chi connectivity index (χ0n) is 6.09. The van der Waals surface area contributed by atoms with Crippen LogP contribution in [0.2, 0.25) is 0 Å². The molecule has 0 aliphatic rings. The Morgan fingerprint density at radius 1 is 1.67 bits per heavy atom. The molecule has 0 saturated carbocycles. The number of rotatable bonds is 3. The minimum absolute atomic E-state index is 0.521. The van der Waals surface area contributed by atoms with Crippen LogP contribution in [0.15, 0.2) is 16.8 Å². The van der Waals surface area contributed by atoms with Crippen molar-refractivity contribution in [3.63, 3.8) is 0 Å². The Hall–Kier alpha value is -0.630. The summed E-state index contributed by atoms with van der Waals surface area (Å²) < 4.78 is 0. The highest BCUT2D eigenvalue weighted by atomic mass is 14.7. The van der Waals surface area contributed by atoms with Crippen molar-refractivity contribution in [2.45, 2.75) is 20.3 Å². The lowest BCUT2D eigenvalue weighted by Crippen LogP contribution is -1.97. The van der Waals surface area contributed by atoms with Crippen LogP contribution in [-0.2, 0) is 0 Å². The molecule has 0 amide bonds. The molecule has 0 aromatic carbocycles. The van der Waals surface area contributed by atoms with Gasteiger partial charge in [-0.3, -0.25) is 4.99 Å². The zero-order valence-corrected chi connectivity index (χ0v) is 6.09. The maximum Gasteiger partial charge on any atom is 0.0283 e. The average Bonchev–Trinajstić information content (AvgIpc) is 1.89. The molecule has 2 heteroatoms. The summed E-state index contributed by atoms with van der Waals surface area (Å²) in [6.07, 6.45) is 4.59. The van der Waals surface area contributed by atoms with E-state index in [2.05, 4.69) is 11.9 Å². The predicted octanol–water partition coefficient (Wildman–Crippen LogP) is 1.33. The second-order valence-electron chi connectivity index (χ2n) is 1.90. The van der Waals surface area contributed by atoms with Gasteiger partial charge in [0.15, 0.2) is 0 Å². The van der Waals surface area contributed by atoms with Crippen LogP contribution in [0, 0.1) is 0 Å². The van der Waals surface area contributed by atoms with Crippen LogP contribution in [0.3, 0.4) is 0 Å². The van der Waals surface area contributed by atoms with E-state index in [0.29, 0.717) is 6.54 Å². The highest BCUT2D eigenvalue weighted by Gasteiger charge is 1.77. The quantitative estimate of drug-likeness (QED) is 0.569. The van der Waals surface area contributed by atoms with Crippen LogP contribution in [0.4, 0.5) is 0 Å². The largest absolute Gasteiger partial charge is 0.326 e. The third-order valence-electron chi connectivity index (χ3n) is 1.06. The van der Waals surface area contributed by atoms with Crippen molar-refractivity contribution >= 4 is 6.21 Å². The Morgan fingerprint density at radius 3 is 2.78 bits per heavy atom. The number of nitrogens with two attached hydrogens (primary N) is 1. The summed E-state index contributed by atoms with van der Waals surface area (Å²) in [6.45, 7) is 4.67. The van der Waals surface area contributed by atoms with Crippen molar-refractivity contribution in [1.82, 2.24) is 0 Å². The summed E-state index contributed by atoms with van der Waals surface area (Å²) in [5, 5.41) is 0. The van der Waals surface area contributed by atoms with E-state index in [4.69, 9.17) is 5.73 Å². The van der Waals surface area contributed by atoms with E-state index in [1.54, 1.807) is 6.21 Å². The highest BCUT2D eigenvalue weighted by Crippen LogP contribution is 1.96.